The summed E-state index contributed by atoms with van der Waals surface area (Å²) in [7, 11) is 0. The number of ether oxygens (including phenoxy) is 1. The van der Waals surface area contributed by atoms with Crippen molar-refractivity contribution in [3.63, 3.8) is 0 Å². The average Bonchev–Trinajstić information content (AvgIpc) is 2.28. The Kier molecular flexibility index (Phi) is 5.13. The van der Waals surface area contributed by atoms with E-state index < -0.39 is 17.7 Å². The van der Waals surface area contributed by atoms with Crippen molar-refractivity contribution in [2.24, 2.45) is 11.8 Å². The van der Waals surface area contributed by atoms with Gasteiger partial charge in [-0.2, -0.15) is 0 Å². The normalized spacial score (nSPS) is 12.5. The van der Waals surface area contributed by atoms with Crippen molar-refractivity contribution >= 4 is 5.97 Å². The maximum atomic E-state index is 13.6. The molecule has 1 N–H and O–H groups in total. The van der Waals surface area contributed by atoms with Gasteiger partial charge in [0.2, 0.25) is 0 Å². The summed E-state index contributed by atoms with van der Waals surface area (Å²) in [6.45, 7) is 5.89. The maximum Gasteiger partial charge on any atom is 0.307 e. The van der Waals surface area contributed by atoms with Crippen LogP contribution in [0, 0.1) is 17.7 Å². The standard InChI is InChI=1S/C14H19FO3/c1-4-18-13-6-5-10(8-12(13)15)7-11(9(2)3)14(16)17/h5-6,8-9,11H,4,7H2,1-3H3,(H,16,17). The van der Waals surface area contributed by atoms with Crippen LogP contribution in [0.4, 0.5) is 4.39 Å². The van der Waals surface area contributed by atoms with Gasteiger partial charge >= 0.3 is 5.97 Å². The lowest BCUT2D eigenvalue weighted by molar-refractivity contribution is -0.143. The second-order valence-corrected chi connectivity index (χ2v) is 4.59. The van der Waals surface area contributed by atoms with Crippen LogP contribution in [0.1, 0.15) is 26.3 Å². The summed E-state index contributed by atoms with van der Waals surface area (Å²) in [4.78, 5) is 11.1. The van der Waals surface area contributed by atoms with Crippen LogP contribution in [0.15, 0.2) is 18.2 Å². The molecule has 18 heavy (non-hydrogen) atoms. The molecule has 0 aliphatic heterocycles. The van der Waals surface area contributed by atoms with Crippen LogP contribution in [0.5, 0.6) is 5.75 Å². The Morgan fingerprint density at radius 2 is 2.11 bits per heavy atom. The van der Waals surface area contributed by atoms with Crippen molar-refractivity contribution < 1.29 is 19.0 Å². The highest BCUT2D eigenvalue weighted by atomic mass is 19.1. The molecule has 0 aliphatic rings. The Labute approximate surface area is 107 Å². The van der Waals surface area contributed by atoms with Crippen LogP contribution < -0.4 is 4.74 Å². The van der Waals surface area contributed by atoms with Crippen molar-refractivity contribution in [1.29, 1.82) is 0 Å². The van der Waals surface area contributed by atoms with E-state index in [2.05, 4.69) is 0 Å². The number of carboxylic acids is 1. The highest BCUT2D eigenvalue weighted by Gasteiger charge is 2.22. The Balaban J connectivity index is 2.84. The Bertz CT molecular complexity index is 416. The van der Waals surface area contributed by atoms with E-state index in [0.717, 1.165) is 0 Å². The summed E-state index contributed by atoms with van der Waals surface area (Å²) < 4.78 is 18.7. The number of hydrogen-bond donors (Lipinski definition) is 1. The molecule has 100 valence electrons. The third-order valence-corrected chi connectivity index (χ3v) is 2.87. The largest absolute Gasteiger partial charge is 0.491 e. The molecule has 0 spiro atoms. The van der Waals surface area contributed by atoms with E-state index in [4.69, 9.17) is 9.84 Å². The van der Waals surface area contributed by atoms with Gasteiger partial charge in [-0.25, -0.2) is 4.39 Å². The Morgan fingerprint density at radius 1 is 1.44 bits per heavy atom. The highest BCUT2D eigenvalue weighted by Crippen LogP contribution is 2.22. The molecule has 0 radical (unpaired) electrons. The third-order valence-electron chi connectivity index (χ3n) is 2.87. The summed E-state index contributed by atoms with van der Waals surface area (Å²) >= 11 is 0. The molecule has 1 unspecified atom stereocenters. The zero-order chi connectivity index (χ0) is 13.7. The van der Waals surface area contributed by atoms with E-state index in [9.17, 15) is 9.18 Å². The minimum atomic E-state index is -0.848. The minimum Gasteiger partial charge on any atom is -0.491 e. The zero-order valence-electron chi connectivity index (χ0n) is 10.9. The van der Waals surface area contributed by atoms with Gasteiger partial charge in [0.05, 0.1) is 12.5 Å². The molecule has 1 aromatic rings. The quantitative estimate of drug-likeness (QED) is 0.848. The van der Waals surface area contributed by atoms with Crippen molar-refractivity contribution in [2.45, 2.75) is 27.2 Å². The minimum absolute atomic E-state index is 0.0112. The lowest BCUT2D eigenvalue weighted by atomic mass is 9.89. The number of hydrogen-bond acceptors (Lipinski definition) is 2. The molecule has 0 aliphatic carbocycles. The molecule has 1 atom stereocenters. The molecule has 3 nitrogen and oxygen atoms in total. The van der Waals surface area contributed by atoms with E-state index in [0.29, 0.717) is 18.6 Å². The van der Waals surface area contributed by atoms with Crippen LogP contribution in [-0.4, -0.2) is 17.7 Å². The van der Waals surface area contributed by atoms with Crippen molar-refractivity contribution in [3.05, 3.63) is 29.6 Å². The van der Waals surface area contributed by atoms with Gasteiger partial charge in [0.25, 0.3) is 0 Å². The van der Waals surface area contributed by atoms with E-state index >= 15 is 0 Å². The summed E-state index contributed by atoms with van der Waals surface area (Å²) in [5, 5.41) is 9.09. The maximum absolute atomic E-state index is 13.6. The van der Waals surface area contributed by atoms with Gasteiger partial charge in [-0.1, -0.05) is 19.9 Å². The first kappa shape index (κ1) is 14.5. The highest BCUT2D eigenvalue weighted by molar-refractivity contribution is 5.70. The molecule has 4 heteroatoms. The first-order chi connectivity index (χ1) is 8.45. The zero-order valence-corrected chi connectivity index (χ0v) is 10.9. The number of halogens is 1. The van der Waals surface area contributed by atoms with Crippen LogP contribution in [0.2, 0.25) is 0 Å². The monoisotopic (exact) mass is 254 g/mol. The molecule has 0 saturated heterocycles. The molecule has 0 aromatic heterocycles. The van der Waals surface area contributed by atoms with E-state index in [1.54, 1.807) is 19.1 Å². The summed E-state index contributed by atoms with van der Waals surface area (Å²) in [6, 6.07) is 4.61. The van der Waals surface area contributed by atoms with Crippen molar-refractivity contribution in [2.75, 3.05) is 6.61 Å². The van der Waals surface area contributed by atoms with E-state index in [1.165, 1.54) is 6.07 Å². The third kappa shape index (κ3) is 3.72. The lowest BCUT2D eigenvalue weighted by Gasteiger charge is -2.16. The van der Waals surface area contributed by atoms with Crippen LogP contribution in [0.25, 0.3) is 0 Å². The smallest absolute Gasteiger partial charge is 0.307 e. The Hall–Kier alpha value is -1.58. The fourth-order valence-electron chi connectivity index (χ4n) is 1.81. The molecular weight excluding hydrogens is 235 g/mol. The lowest BCUT2D eigenvalue weighted by Crippen LogP contribution is -2.22. The fourth-order valence-corrected chi connectivity index (χ4v) is 1.81. The van der Waals surface area contributed by atoms with Gasteiger partial charge in [-0.05, 0) is 37.0 Å². The molecule has 0 bridgehead atoms. The first-order valence-corrected chi connectivity index (χ1v) is 6.09. The molecule has 0 heterocycles. The van der Waals surface area contributed by atoms with Crippen molar-refractivity contribution in [1.82, 2.24) is 0 Å². The predicted octanol–water partition coefficient (Wildman–Crippen LogP) is 3.12. The predicted molar refractivity (Wildman–Crippen MR) is 67.2 cm³/mol. The van der Waals surface area contributed by atoms with Crippen LogP contribution in [0.3, 0.4) is 0 Å². The van der Waals surface area contributed by atoms with Crippen LogP contribution in [-0.2, 0) is 11.2 Å². The van der Waals surface area contributed by atoms with Gasteiger partial charge in [0.1, 0.15) is 0 Å². The molecule has 0 fully saturated rings. The van der Waals surface area contributed by atoms with Gasteiger partial charge in [0.15, 0.2) is 11.6 Å². The topological polar surface area (TPSA) is 46.5 Å². The number of rotatable bonds is 6. The molecular formula is C14H19FO3. The summed E-state index contributed by atoms with van der Waals surface area (Å²) in [5.74, 6) is -1.57. The van der Waals surface area contributed by atoms with Gasteiger partial charge in [-0.3, -0.25) is 4.79 Å². The second-order valence-electron chi connectivity index (χ2n) is 4.59. The number of aliphatic carboxylic acids is 1. The summed E-state index contributed by atoms with van der Waals surface area (Å²) in [6.07, 6.45) is 0.330. The molecule has 0 amide bonds. The average molecular weight is 254 g/mol. The number of carboxylic acid groups (broad SMARTS) is 1. The first-order valence-electron chi connectivity index (χ1n) is 6.09. The summed E-state index contributed by atoms with van der Waals surface area (Å²) in [5.41, 5.74) is 0.678. The second kappa shape index (κ2) is 6.38. The van der Waals surface area contributed by atoms with E-state index in [1.807, 2.05) is 13.8 Å². The molecule has 1 aromatic carbocycles. The van der Waals surface area contributed by atoms with Crippen molar-refractivity contribution in [3.8, 4) is 5.75 Å². The van der Waals surface area contributed by atoms with Crippen LogP contribution >= 0.6 is 0 Å². The number of carbonyl (C=O) groups is 1. The SMILES string of the molecule is CCOc1ccc(CC(C(=O)O)C(C)C)cc1F. The number of benzene rings is 1. The van der Waals surface area contributed by atoms with E-state index in [-0.39, 0.29) is 11.7 Å². The fraction of sp³-hybridized carbons (Fsp3) is 0.500. The van der Waals surface area contributed by atoms with Gasteiger partial charge < -0.3 is 9.84 Å². The van der Waals surface area contributed by atoms with Gasteiger partial charge in [0, 0.05) is 0 Å². The van der Waals surface area contributed by atoms with Gasteiger partial charge in [-0.15, -0.1) is 0 Å². The molecule has 1 rings (SSSR count). The molecule has 0 saturated carbocycles. The Morgan fingerprint density at radius 3 is 2.56 bits per heavy atom.